The van der Waals surface area contributed by atoms with E-state index in [0.29, 0.717) is 11.1 Å². The smallest absolute Gasteiger partial charge is 0.352 e. The predicted molar refractivity (Wildman–Crippen MR) is 93.7 cm³/mol. The maximum absolute atomic E-state index is 12.8. The van der Waals surface area contributed by atoms with Crippen molar-refractivity contribution in [3.05, 3.63) is 41.1 Å². The van der Waals surface area contributed by atoms with Crippen LogP contribution < -0.4 is 0 Å². The highest BCUT2D eigenvalue weighted by Crippen LogP contribution is 2.48. The van der Waals surface area contributed by atoms with Crippen LogP contribution in [-0.2, 0) is 26.2 Å². The lowest BCUT2D eigenvalue weighted by Gasteiger charge is -2.46. The van der Waals surface area contributed by atoms with Gasteiger partial charge in [0, 0.05) is 19.0 Å². The van der Waals surface area contributed by atoms with Gasteiger partial charge in [-0.25, -0.2) is 13.2 Å². The Balaban J connectivity index is 1.70. The highest BCUT2D eigenvalue weighted by molar-refractivity contribution is 7.89. The molecule has 1 amide bonds. The molecule has 0 bridgehead atoms. The molecule has 3 aliphatic heterocycles. The molecule has 144 valence electrons. The molecule has 1 saturated heterocycles. The molecule has 2 N–H and O–H groups in total. The number of nitrogens with zero attached hydrogens (tertiary/aromatic N) is 2. The topological polar surface area (TPSA) is 115 Å². The number of amides is 1. The third-order valence-corrected chi connectivity index (χ3v) is 7.69. The Kier molecular flexibility index (Phi) is 3.95. The molecular formula is C18H20N2O6S. The normalized spacial score (nSPS) is 30.1. The minimum absolute atomic E-state index is 0.0907. The van der Waals surface area contributed by atoms with Gasteiger partial charge in [0.1, 0.15) is 5.70 Å². The molecular weight excluding hydrogens is 372 g/mol. The number of carbonyl (C=O) groups is 2. The zero-order valence-corrected chi connectivity index (χ0v) is 15.7. The van der Waals surface area contributed by atoms with E-state index < -0.39 is 40.0 Å². The second kappa shape index (κ2) is 5.88. The quantitative estimate of drug-likeness (QED) is 0.716. The molecule has 8 nitrogen and oxygen atoms in total. The Labute approximate surface area is 156 Å². The van der Waals surface area contributed by atoms with E-state index in [4.69, 9.17) is 0 Å². The summed E-state index contributed by atoms with van der Waals surface area (Å²) in [7, 11) is -3.71. The van der Waals surface area contributed by atoms with Crippen molar-refractivity contribution in [1.29, 1.82) is 0 Å². The van der Waals surface area contributed by atoms with Crippen molar-refractivity contribution in [3.63, 3.8) is 0 Å². The lowest BCUT2D eigenvalue weighted by molar-refractivity contribution is -0.163. The second-order valence-electron chi connectivity index (χ2n) is 7.31. The van der Waals surface area contributed by atoms with E-state index in [0.717, 1.165) is 0 Å². The number of hydrogen-bond donors (Lipinski definition) is 2. The molecule has 0 spiro atoms. The lowest BCUT2D eigenvalue weighted by atomic mass is 9.78. The van der Waals surface area contributed by atoms with Gasteiger partial charge < -0.3 is 15.1 Å². The van der Waals surface area contributed by atoms with E-state index in [2.05, 4.69) is 0 Å². The number of sulfonamides is 1. The fourth-order valence-corrected chi connectivity index (χ4v) is 6.10. The average Bonchev–Trinajstić information content (AvgIpc) is 2.98. The fourth-order valence-electron chi connectivity index (χ4n) is 4.48. The molecule has 0 unspecified atom stereocenters. The molecule has 4 atom stereocenters. The number of benzene rings is 1. The first-order valence-electron chi connectivity index (χ1n) is 8.71. The standard InChI is InChI=1S/C18H20N2O6S/c1-9-12(8-19-7-11-5-3-4-6-13(11)27(19,25)26)16(18(23)24)20-15(9)14(10(2)21)17(20)22/h3-6,9-10,14-15,21H,7-8H2,1-2H3,(H,23,24)/t9-,10+,14+,15+/m0/s1. The molecule has 1 fully saturated rings. The number of aliphatic carboxylic acids is 1. The monoisotopic (exact) mass is 392 g/mol. The van der Waals surface area contributed by atoms with Crippen LogP contribution in [0.25, 0.3) is 0 Å². The highest BCUT2D eigenvalue weighted by Gasteiger charge is 2.60. The van der Waals surface area contributed by atoms with Gasteiger partial charge in [-0.3, -0.25) is 4.79 Å². The Morgan fingerprint density at radius 2 is 2.00 bits per heavy atom. The summed E-state index contributed by atoms with van der Waals surface area (Å²) < 4.78 is 26.9. The van der Waals surface area contributed by atoms with Gasteiger partial charge in [-0.1, -0.05) is 25.1 Å². The lowest BCUT2D eigenvalue weighted by Crippen LogP contribution is -2.63. The van der Waals surface area contributed by atoms with Crippen LogP contribution in [0.2, 0.25) is 0 Å². The molecule has 3 aliphatic rings. The van der Waals surface area contributed by atoms with Crippen molar-refractivity contribution in [2.45, 2.75) is 37.4 Å². The zero-order chi connectivity index (χ0) is 19.7. The minimum atomic E-state index is -3.71. The molecule has 0 aromatic heterocycles. The second-order valence-corrected chi connectivity index (χ2v) is 9.22. The van der Waals surface area contributed by atoms with E-state index in [1.807, 2.05) is 0 Å². The maximum Gasteiger partial charge on any atom is 0.352 e. The summed E-state index contributed by atoms with van der Waals surface area (Å²) in [5, 5.41) is 19.5. The van der Waals surface area contributed by atoms with Crippen LogP contribution in [-0.4, -0.2) is 58.4 Å². The van der Waals surface area contributed by atoms with Gasteiger partial charge in [-0.15, -0.1) is 0 Å². The molecule has 0 saturated carbocycles. The molecule has 27 heavy (non-hydrogen) atoms. The summed E-state index contributed by atoms with van der Waals surface area (Å²) in [6.45, 7) is 3.36. The summed E-state index contributed by atoms with van der Waals surface area (Å²) in [5.74, 6) is -2.71. The van der Waals surface area contributed by atoms with Crippen LogP contribution in [0.1, 0.15) is 19.4 Å². The highest BCUT2D eigenvalue weighted by atomic mass is 32.2. The molecule has 3 heterocycles. The number of carbonyl (C=O) groups excluding carboxylic acids is 1. The Bertz CT molecular complexity index is 983. The summed E-state index contributed by atoms with van der Waals surface area (Å²) in [6, 6.07) is 6.23. The number of rotatable bonds is 4. The molecule has 1 aromatic rings. The maximum atomic E-state index is 12.8. The summed E-state index contributed by atoms with van der Waals surface area (Å²) in [5.41, 5.74) is 0.919. The first kappa shape index (κ1) is 18.1. The number of aliphatic hydroxyl groups excluding tert-OH is 1. The third-order valence-electron chi connectivity index (χ3n) is 5.80. The Morgan fingerprint density at radius 1 is 1.33 bits per heavy atom. The largest absolute Gasteiger partial charge is 0.477 e. The van der Waals surface area contributed by atoms with Gasteiger partial charge >= 0.3 is 5.97 Å². The van der Waals surface area contributed by atoms with Gasteiger partial charge in [-0.05, 0) is 24.1 Å². The molecule has 0 radical (unpaired) electrons. The van der Waals surface area contributed by atoms with E-state index in [9.17, 15) is 28.2 Å². The number of hydrogen-bond acceptors (Lipinski definition) is 5. The van der Waals surface area contributed by atoms with E-state index in [1.165, 1.54) is 22.2 Å². The first-order valence-corrected chi connectivity index (χ1v) is 10.2. The molecule has 4 rings (SSSR count). The summed E-state index contributed by atoms with van der Waals surface area (Å²) in [6.07, 6.45) is -0.893. The van der Waals surface area contributed by atoms with E-state index >= 15 is 0 Å². The summed E-state index contributed by atoms with van der Waals surface area (Å²) in [4.78, 5) is 25.6. The first-order chi connectivity index (χ1) is 12.7. The molecule has 1 aromatic carbocycles. The van der Waals surface area contributed by atoms with Crippen molar-refractivity contribution >= 4 is 21.9 Å². The van der Waals surface area contributed by atoms with Gasteiger partial charge in [0.25, 0.3) is 0 Å². The summed E-state index contributed by atoms with van der Waals surface area (Å²) >= 11 is 0. The number of fused-ring (bicyclic) bond motifs is 2. The number of β-lactam (4-membered cyclic amide) rings is 1. The van der Waals surface area contributed by atoms with Gasteiger partial charge in [0.15, 0.2) is 0 Å². The van der Waals surface area contributed by atoms with Crippen molar-refractivity contribution in [3.8, 4) is 0 Å². The number of aliphatic hydroxyl groups is 1. The van der Waals surface area contributed by atoms with Crippen LogP contribution in [0, 0.1) is 11.8 Å². The van der Waals surface area contributed by atoms with Crippen LogP contribution in [0.3, 0.4) is 0 Å². The molecule has 0 aliphatic carbocycles. The zero-order valence-electron chi connectivity index (χ0n) is 14.9. The predicted octanol–water partition coefficient (Wildman–Crippen LogP) is 0.387. The van der Waals surface area contributed by atoms with Gasteiger partial charge in [0.2, 0.25) is 15.9 Å². The van der Waals surface area contributed by atoms with Crippen molar-refractivity contribution in [1.82, 2.24) is 9.21 Å². The van der Waals surface area contributed by atoms with Crippen molar-refractivity contribution < 1.29 is 28.2 Å². The van der Waals surface area contributed by atoms with Gasteiger partial charge in [-0.2, -0.15) is 4.31 Å². The van der Waals surface area contributed by atoms with E-state index in [1.54, 1.807) is 25.1 Å². The fraction of sp³-hybridized carbons (Fsp3) is 0.444. The third kappa shape index (κ3) is 2.38. The van der Waals surface area contributed by atoms with Crippen LogP contribution >= 0.6 is 0 Å². The van der Waals surface area contributed by atoms with Crippen LogP contribution in [0.15, 0.2) is 40.4 Å². The SMILES string of the molecule is C[C@@H](O)[C@H]1C(=O)N2C(C(=O)O)=C(CN3Cc4ccccc4S3(=O)=O)[C@H](C)[C@H]12. The Hall–Kier alpha value is -2.23. The van der Waals surface area contributed by atoms with Gasteiger partial charge in [0.05, 0.1) is 23.0 Å². The van der Waals surface area contributed by atoms with Crippen molar-refractivity contribution in [2.24, 2.45) is 11.8 Å². The van der Waals surface area contributed by atoms with Crippen LogP contribution in [0.5, 0.6) is 0 Å². The van der Waals surface area contributed by atoms with Crippen LogP contribution in [0.4, 0.5) is 0 Å². The number of carboxylic acid groups (broad SMARTS) is 1. The minimum Gasteiger partial charge on any atom is -0.477 e. The van der Waals surface area contributed by atoms with E-state index in [-0.39, 0.29) is 29.6 Å². The number of carboxylic acids is 1. The van der Waals surface area contributed by atoms with Crippen molar-refractivity contribution in [2.75, 3.05) is 6.54 Å². The Morgan fingerprint density at radius 3 is 2.59 bits per heavy atom. The molecule has 9 heteroatoms. The average molecular weight is 392 g/mol.